The highest BCUT2D eigenvalue weighted by atomic mass is 35.5. The van der Waals surface area contributed by atoms with Gasteiger partial charge in [0.15, 0.2) is 5.75 Å². The quantitative estimate of drug-likeness (QED) is 0.660. The predicted molar refractivity (Wildman–Crippen MR) is 74.9 cm³/mol. The van der Waals surface area contributed by atoms with Crippen LogP contribution >= 0.6 is 11.6 Å². The molecule has 2 rings (SSSR count). The fourth-order valence-corrected chi connectivity index (χ4v) is 1.87. The third-order valence-electron chi connectivity index (χ3n) is 2.30. The molecule has 0 spiro atoms. The minimum Gasteiger partial charge on any atom is -0.740 e. The number of halogens is 1. The van der Waals surface area contributed by atoms with Gasteiger partial charge in [-0.25, -0.2) is 4.21 Å². The Labute approximate surface area is 127 Å². The summed E-state index contributed by atoms with van der Waals surface area (Å²) in [5.74, 6) is -0.467. The molecule has 0 aliphatic heterocycles. The van der Waals surface area contributed by atoms with Gasteiger partial charge in [-0.3, -0.25) is 0 Å². The standard InChI is InChI=1S/C12H9ClN2O5S/c13-7-1-4-12(20-21(18)19)10(5-7)15-14-9-3-2-8(16)6-11(9)17/h1-6,16-17H,(H,18,19)/p-1. The molecule has 0 amide bonds. The van der Waals surface area contributed by atoms with E-state index in [9.17, 15) is 13.9 Å². The average molecular weight is 328 g/mol. The molecule has 0 aliphatic carbocycles. The average Bonchev–Trinajstić information content (AvgIpc) is 2.40. The van der Waals surface area contributed by atoms with E-state index in [4.69, 9.17) is 16.7 Å². The molecule has 0 heterocycles. The summed E-state index contributed by atoms with van der Waals surface area (Å²) in [6.07, 6.45) is 0. The second-order valence-electron chi connectivity index (χ2n) is 3.77. The first-order chi connectivity index (χ1) is 9.95. The molecule has 110 valence electrons. The van der Waals surface area contributed by atoms with Gasteiger partial charge in [0.2, 0.25) is 0 Å². The van der Waals surface area contributed by atoms with E-state index in [1.807, 2.05) is 0 Å². The van der Waals surface area contributed by atoms with Crippen LogP contribution in [0.25, 0.3) is 0 Å². The highest BCUT2D eigenvalue weighted by molar-refractivity contribution is 7.74. The molecule has 0 saturated carbocycles. The number of hydrogen-bond acceptors (Lipinski definition) is 7. The van der Waals surface area contributed by atoms with Gasteiger partial charge in [-0.2, -0.15) is 0 Å². The number of phenolic OH excluding ortho intramolecular Hbond substituents is 2. The van der Waals surface area contributed by atoms with E-state index >= 15 is 0 Å². The summed E-state index contributed by atoms with van der Waals surface area (Å²) in [5, 5.41) is 26.6. The monoisotopic (exact) mass is 327 g/mol. The van der Waals surface area contributed by atoms with E-state index in [0.29, 0.717) is 5.02 Å². The highest BCUT2D eigenvalue weighted by Gasteiger charge is 2.06. The molecule has 0 bridgehead atoms. The summed E-state index contributed by atoms with van der Waals surface area (Å²) < 4.78 is 25.7. The Morgan fingerprint density at radius 3 is 2.48 bits per heavy atom. The van der Waals surface area contributed by atoms with Crippen LogP contribution in [-0.2, 0) is 11.4 Å². The molecule has 1 unspecified atom stereocenters. The maximum atomic E-state index is 10.6. The lowest BCUT2D eigenvalue weighted by atomic mass is 10.3. The maximum Gasteiger partial charge on any atom is 0.166 e. The summed E-state index contributed by atoms with van der Waals surface area (Å²) in [6, 6.07) is 7.85. The van der Waals surface area contributed by atoms with Crippen LogP contribution in [0.3, 0.4) is 0 Å². The van der Waals surface area contributed by atoms with Crippen LogP contribution in [0.2, 0.25) is 5.02 Å². The van der Waals surface area contributed by atoms with E-state index < -0.39 is 11.4 Å². The van der Waals surface area contributed by atoms with Crippen molar-refractivity contribution in [3.63, 3.8) is 0 Å². The van der Waals surface area contributed by atoms with Crippen LogP contribution in [0.15, 0.2) is 46.6 Å². The molecule has 0 saturated heterocycles. The van der Waals surface area contributed by atoms with Gasteiger partial charge >= 0.3 is 0 Å². The van der Waals surface area contributed by atoms with Gasteiger partial charge in [-0.1, -0.05) is 11.6 Å². The fraction of sp³-hybridized carbons (Fsp3) is 0. The zero-order valence-electron chi connectivity index (χ0n) is 10.3. The summed E-state index contributed by atoms with van der Waals surface area (Å²) in [7, 11) is 0. The fourth-order valence-electron chi connectivity index (χ4n) is 1.42. The highest BCUT2D eigenvalue weighted by Crippen LogP contribution is 2.35. The lowest BCUT2D eigenvalue weighted by Crippen LogP contribution is -1.97. The normalized spacial score (nSPS) is 12.5. The smallest absolute Gasteiger partial charge is 0.166 e. The van der Waals surface area contributed by atoms with Crippen LogP contribution in [0.5, 0.6) is 17.2 Å². The van der Waals surface area contributed by atoms with Gasteiger partial charge < -0.3 is 18.9 Å². The molecule has 2 aromatic carbocycles. The van der Waals surface area contributed by atoms with Gasteiger partial charge in [0.25, 0.3) is 0 Å². The minimum absolute atomic E-state index is 0.0604. The number of hydrogen-bond donors (Lipinski definition) is 2. The number of azo groups is 1. The van der Waals surface area contributed by atoms with Crippen molar-refractivity contribution in [1.29, 1.82) is 0 Å². The van der Waals surface area contributed by atoms with Crippen molar-refractivity contribution in [1.82, 2.24) is 0 Å². The lowest BCUT2D eigenvalue weighted by molar-refractivity contribution is 0.440. The van der Waals surface area contributed by atoms with Crippen molar-refractivity contribution < 1.29 is 23.2 Å². The Balaban J connectivity index is 2.35. The van der Waals surface area contributed by atoms with E-state index in [1.54, 1.807) is 0 Å². The number of nitrogens with zero attached hydrogens (tertiary/aromatic N) is 2. The van der Waals surface area contributed by atoms with E-state index in [0.717, 1.165) is 6.07 Å². The lowest BCUT2D eigenvalue weighted by Gasteiger charge is -2.09. The Morgan fingerprint density at radius 1 is 1.10 bits per heavy atom. The third-order valence-corrected chi connectivity index (χ3v) is 2.85. The van der Waals surface area contributed by atoms with E-state index in [1.165, 1.54) is 30.3 Å². The Hall–Kier alpha value is -2.16. The summed E-state index contributed by atoms with van der Waals surface area (Å²) in [6.45, 7) is 0. The molecule has 2 N–H and O–H groups in total. The van der Waals surface area contributed by atoms with Crippen molar-refractivity contribution in [3.8, 4) is 17.2 Å². The van der Waals surface area contributed by atoms with E-state index in [2.05, 4.69) is 14.4 Å². The largest absolute Gasteiger partial charge is 0.740 e. The van der Waals surface area contributed by atoms with Crippen LogP contribution in [0, 0.1) is 0 Å². The van der Waals surface area contributed by atoms with Crippen molar-refractivity contribution in [2.24, 2.45) is 10.2 Å². The number of rotatable bonds is 4. The second kappa shape index (κ2) is 6.53. The van der Waals surface area contributed by atoms with Gasteiger partial charge in [-0.05, 0) is 30.3 Å². The Morgan fingerprint density at radius 2 is 1.81 bits per heavy atom. The van der Waals surface area contributed by atoms with Crippen molar-refractivity contribution in [2.45, 2.75) is 0 Å². The van der Waals surface area contributed by atoms with Crippen molar-refractivity contribution in [3.05, 3.63) is 41.4 Å². The number of phenols is 2. The van der Waals surface area contributed by atoms with Crippen molar-refractivity contribution >= 4 is 34.3 Å². The predicted octanol–water partition coefficient (Wildman–Crippen LogP) is 3.34. The number of benzene rings is 2. The molecule has 2 aromatic rings. The summed E-state index contributed by atoms with van der Waals surface area (Å²) >= 11 is 3.03. The molecular weight excluding hydrogens is 320 g/mol. The van der Waals surface area contributed by atoms with Gasteiger partial charge in [0.1, 0.15) is 34.2 Å². The molecule has 0 aliphatic rings. The first kappa shape index (κ1) is 15.2. The van der Waals surface area contributed by atoms with Crippen LogP contribution in [-0.4, -0.2) is 19.0 Å². The summed E-state index contributed by atoms with van der Waals surface area (Å²) in [4.78, 5) is 0. The zero-order valence-corrected chi connectivity index (χ0v) is 11.8. The molecule has 9 heteroatoms. The van der Waals surface area contributed by atoms with Gasteiger partial charge in [0, 0.05) is 11.1 Å². The number of aromatic hydroxyl groups is 2. The summed E-state index contributed by atoms with van der Waals surface area (Å²) in [5.41, 5.74) is 0.154. The molecule has 0 radical (unpaired) electrons. The van der Waals surface area contributed by atoms with E-state index in [-0.39, 0.29) is 28.6 Å². The third kappa shape index (κ3) is 4.15. The Bertz CT molecular complexity index is 723. The van der Waals surface area contributed by atoms with Crippen LogP contribution < -0.4 is 4.18 Å². The minimum atomic E-state index is -2.77. The molecule has 7 nitrogen and oxygen atoms in total. The first-order valence-corrected chi connectivity index (χ1v) is 6.84. The molecule has 0 aromatic heterocycles. The first-order valence-electron chi connectivity index (χ1n) is 5.46. The van der Waals surface area contributed by atoms with Crippen LogP contribution in [0.4, 0.5) is 11.4 Å². The van der Waals surface area contributed by atoms with Crippen molar-refractivity contribution in [2.75, 3.05) is 0 Å². The van der Waals surface area contributed by atoms with Gasteiger partial charge in [-0.15, -0.1) is 10.2 Å². The maximum absolute atomic E-state index is 10.6. The zero-order chi connectivity index (χ0) is 15.4. The molecule has 1 atom stereocenters. The molecular formula is C12H8ClN2O5S-. The van der Waals surface area contributed by atoms with Gasteiger partial charge in [0.05, 0.1) is 0 Å². The SMILES string of the molecule is O=S([O-])Oc1ccc(Cl)cc1N=Nc1ccc(O)cc1O. The van der Waals surface area contributed by atoms with Crippen LogP contribution in [0.1, 0.15) is 0 Å². The topological polar surface area (TPSA) is 115 Å². The Kier molecular flexibility index (Phi) is 4.73. The molecule has 0 fully saturated rings. The molecule has 21 heavy (non-hydrogen) atoms. The second-order valence-corrected chi connectivity index (χ2v) is 4.78.